The van der Waals surface area contributed by atoms with E-state index in [1.54, 1.807) is 0 Å². The van der Waals surface area contributed by atoms with Gasteiger partial charge < -0.3 is 11.5 Å². The molecule has 1 saturated carbocycles. The van der Waals surface area contributed by atoms with Gasteiger partial charge >= 0.3 is 0 Å². The third kappa shape index (κ3) is 9.10. The second-order valence-corrected chi connectivity index (χ2v) is 14.7. The maximum Gasteiger partial charge on any atom is 0.0314 e. The van der Waals surface area contributed by atoms with Gasteiger partial charge in [-0.25, -0.2) is 0 Å². The van der Waals surface area contributed by atoms with E-state index >= 15 is 0 Å². The van der Waals surface area contributed by atoms with Gasteiger partial charge in [0.15, 0.2) is 0 Å². The van der Waals surface area contributed by atoms with Crippen LogP contribution < -0.4 is 11.5 Å². The van der Waals surface area contributed by atoms with Crippen LogP contribution in [-0.4, -0.2) is 0 Å². The lowest BCUT2D eigenvalue weighted by Crippen LogP contribution is -2.33. The first-order valence-corrected chi connectivity index (χ1v) is 18.8. The Hall–Kier alpha value is -3.52. The molecule has 0 heterocycles. The highest BCUT2D eigenvalue weighted by molar-refractivity contribution is 5.47. The molecular weight excluding hydrogens is 569 g/mol. The maximum absolute atomic E-state index is 5.97. The number of nitrogens with two attached hydrogens (primary N) is 2. The first-order valence-electron chi connectivity index (χ1n) is 18.8. The van der Waals surface area contributed by atoms with E-state index in [1.807, 2.05) is 24.3 Å². The SMILES string of the molecule is CCCCCCCCCCCC1CCC(c2ccc(C(C)c3ccc(N)cc3)cc2)(c2ccc(C(C)c3ccc(N)cc3)cc2)CC1. The molecule has 0 aliphatic heterocycles. The predicted octanol–water partition coefficient (Wildman–Crippen LogP) is 12.6. The van der Waals surface area contributed by atoms with Crippen molar-refractivity contribution in [2.75, 3.05) is 11.5 Å². The Morgan fingerprint density at radius 3 is 1.23 bits per heavy atom. The van der Waals surface area contributed by atoms with Gasteiger partial charge in [-0.3, -0.25) is 0 Å². The molecule has 1 aliphatic rings. The molecular formula is C45H60N2. The lowest BCUT2D eigenvalue weighted by molar-refractivity contribution is 0.250. The van der Waals surface area contributed by atoms with Crippen LogP contribution >= 0.6 is 0 Å². The van der Waals surface area contributed by atoms with Gasteiger partial charge in [-0.2, -0.15) is 0 Å². The molecule has 0 radical (unpaired) electrons. The fourth-order valence-electron chi connectivity index (χ4n) is 8.08. The molecule has 2 atom stereocenters. The molecule has 4 aromatic carbocycles. The van der Waals surface area contributed by atoms with Gasteiger partial charge in [0.25, 0.3) is 0 Å². The summed E-state index contributed by atoms with van der Waals surface area (Å²) in [5.74, 6) is 1.53. The fourth-order valence-corrected chi connectivity index (χ4v) is 8.08. The molecule has 0 saturated heterocycles. The Labute approximate surface area is 286 Å². The number of nitrogen functional groups attached to an aromatic ring is 2. The zero-order valence-electron chi connectivity index (χ0n) is 29.5. The Bertz CT molecular complexity index is 1360. The summed E-state index contributed by atoms with van der Waals surface area (Å²) in [4.78, 5) is 0. The van der Waals surface area contributed by atoms with Crippen LogP contribution in [-0.2, 0) is 5.41 Å². The van der Waals surface area contributed by atoms with Crippen molar-refractivity contribution in [2.45, 2.75) is 128 Å². The highest BCUT2D eigenvalue weighted by Crippen LogP contribution is 2.48. The Kier molecular flexibility index (Phi) is 12.6. The minimum absolute atomic E-state index is 0.0704. The first-order chi connectivity index (χ1) is 22.9. The molecule has 250 valence electrons. The van der Waals surface area contributed by atoms with E-state index in [0.29, 0.717) is 11.8 Å². The van der Waals surface area contributed by atoms with E-state index in [1.165, 1.54) is 123 Å². The standard InChI is InChI=1S/C45H60N2/c1-4-5-6-7-8-9-10-11-12-13-36-30-32-45(33-31-36,41-22-14-37(15-23-41)34(2)39-18-26-43(46)27-19-39)42-24-16-38(17-25-42)35(3)40-20-28-44(47)29-21-40/h14-29,34-36H,4-13,30-33,46-47H2,1-3H3. The largest absolute Gasteiger partial charge is 0.399 e. The number of hydrogen-bond acceptors (Lipinski definition) is 2. The normalized spacial score (nSPS) is 19.3. The average Bonchev–Trinajstić information content (AvgIpc) is 3.11. The highest BCUT2D eigenvalue weighted by atomic mass is 14.5. The second kappa shape index (κ2) is 17.0. The van der Waals surface area contributed by atoms with E-state index in [9.17, 15) is 0 Å². The Balaban J connectivity index is 1.28. The molecule has 0 bridgehead atoms. The summed E-state index contributed by atoms with van der Waals surface area (Å²) in [5, 5.41) is 0. The van der Waals surface area contributed by atoms with Gasteiger partial charge in [-0.15, -0.1) is 0 Å². The number of benzene rings is 4. The lowest BCUT2D eigenvalue weighted by atomic mass is 9.62. The molecule has 1 aliphatic carbocycles. The van der Waals surface area contributed by atoms with Crippen molar-refractivity contribution >= 4 is 11.4 Å². The van der Waals surface area contributed by atoms with Gasteiger partial charge in [0.05, 0.1) is 0 Å². The minimum Gasteiger partial charge on any atom is -0.399 e. The van der Waals surface area contributed by atoms with Crippen molar-refractivity contribution in [3.05, 3.63) is 130 Å². The summed E-state index contributed by atoms with van der Waals surface area (Å²) < 4.78 is 0. The molecule has 4 aromatic rings. The van der Waals surface area contributed by atoms with Crippen molar-refractivity contribution in [1.82, 2.24) is 0 Å². The minimum atomic E-state index is 0.0704. The van der Waals surface area contributed by atoms with E-state index in [-0.39, 0.29) is 5.41 Å². The van der Waals surface area contributed by atoms with Crippen molar-refractivity contribution in [1.29, 1.82) is 0 Å². The van der Waals surface area contributed by atoms with E-state index in [4.69, 9.17) is 11.5 Å². The third-order valence-corrected chi connectivity index (χ3v) is 11.5. The van der Waals surface area contributed by atoms with Gasteiger partial charge in [-0.1, -0.05) is 158 Å². The van der Waals surface area contributed by atoms with Crippen LogP contribution in [0.4, 0.5) is 11.4 Å². The third-order valence-electron chi connectivity index (χ3n) is 11.5. The van der Waals surface area contributed by atoms with Crippen LogP contribution in [0.5, 0.6) is 0 Å². The summed E-state index contributed by atoms with van der Waals surface area (Å²) in [7, 11) is 0. The van der Waals surface area contributed by atoms with Crippen molar-refractivity contribution in [2.24, 2.45) is 5.92 Å². The van der Waals surface area contributed by atoms with Crippen LogP contribution in [0.25, 0.3) is 0 Å². The fraction of sp³-hybridized carbons (Fsp3) is 0.467. The highest BCUT2D eigenvalue weighted by Gasteiger charge is 2.38. The zero-order chi connectivity index (χ0) is 33.1. The first kappa shape index (κ1) is 34.8. The molecule has 2 unspecified atom stereocenters. The predicted molar refractivity (Wildman–Crippen MR) is 204 cm³/mol. The van der Waals surface area contributed by atoms with E-state index < -0.39 is 0 Å². The molecule has 47 heavy (non-hydrogen) atoms. The Morgan fingerprint density at radius 1 is 0.511 bits per heavy atom. The monoisotopic (exact) mass is 628 g/mol. The number of hydrogen-bond donors (Lipinski definition) is 2. The van der Waals surface area contributed by atoms with Crippen LogP contribution in [0, 0.1) is 5.92 Å². The van der Waals surface area contributed by atoms with E-state index in [2.05, 4.69) is 93.6 Å². The van der Waals surface area contributed by atoms with E-state index in [0.717, 1.165) is 17.3 Å². The number of unbranched alkanes of at least 4 members (excludes halogenated alkanes) is 8. The summed E-state index contributed by atoms with van der Waals surface area (Å²) >= 11 is 0. The van der Waals surface area contributed by atoms with Crippen molar-refractivity contribution in [3.63, 3.8) is 0 Å². The maximum atomic E-state index is 5.97. The van der Waals surface area contributed by atoms with Crippen LogP contribution in [0.3, 0.4) is 0 Å². The smallest absolute Gasteiger partial charge is 0.0314 e. The molecule has 2 heteroatoms. The summed E-state index contributed by atoms with van der Waals surface area (Å²) in [6.45, 7) is 6.90. The Morgan fingerprint density at radius 2 is 0.851 bits per heavy atom. The molecule has 0 amide bonds. The summed E-state index contributed by atoms with van der Waals surface area (Å²) in [5.41, 5.74) is 21.9. The summed E-state index contributed by atoms with van der Waals surface area (Å²) in [6.07, 6.45) is 19.2. The molecule has 5 rings (SSSR count). The molecule has 0 spiro atoms. The summed E-state index contributed by atoms with van der Waals surface area (Å²) in [6, 6.07) is 36.0. The number of anilines is 2. The molecule has 2 nitrogen and oxygen atoms in total. The number of rotatable bonds is 16. The van der Waals surface area contributed by atoms with Gasteiger partial charge in [0, 0.05) is 28.6 Å². The molecule has 0 aromatic heterocycles. The van der Waals surface area contributed by atoms with Gasteiger partial charge in [-0.05, 0) is 89.2 Å². The average molecular weight is 629 g/mol. The lowest BCUT2D eigenvalue weighted by Gasteiger charge is -2.42. The zero-order valence-corrected chi connectivity index (χ0v) is 29.5. The van der Waals surface area contributed by atoms with Crippen LogP contribution in [0.1, 0.15) is 156 Å². The topological polar surface area (TPSA) is 52.0 Å². The van der Waals surface area contributed by atoms with Crippen LogP contribution in [0.2, 0.25) is 0 Å². The van der Waals surface area contributed by atoms with Gasteiger partial charge in [0.1, 0.15) is 0 Å². The molecule has 4 N–H and O–H groups in total. The molecule has 1 fully saturated rings. The van der Waals surface area contributed by atoms with Crippen molar-refractivity contribution < 1.29 is 0 Å². The van der Waals surface area contributed by atoms with Gasteiger partial charge in [0.2, 0.25) is 0 Å². The second-order valence-electron chi connectivity index (χ2n) is 14.7. The van der Waals surface area contributed by atoms with Crippen LogP contribution in [0.15, 0.2) is 97.1 Å². The quantitative estimate of drug-likeness (QED) is 0.0958. The van der Waals surface area contributed by atoms with Crippen molar-refractivity contribution in [3.8, 4) is 0 Å².